The van der Waals surface area contributed by atoms with E-state index in [2.05, 4.69) is 58.0 Å². The highest BCUT2D eigenvalue weighted by Crippen LogP contribution is 2.30. The number of rotatable bonds is 5. The van der Waals surface area contributed by atoms with Crippen LogP contribution in [0.3, 0.4) is 0 Å². The molecule has 0 atom stereocenters. The van der Waals surface area contributed by atoms with Crippen LogP contribution in [0.5, 0.6) is 0 Å². The van der Waals surface area contributed by atoms with Crippen molar-refractivity contribution in [2.24, 2.45) is 0 Å². The standard InChI is InChI=1S/C17H17N3S/c1-2-6-14-12(4-1)5-3-7-15(14)17-20-19-16(21-17)10-11-18-13-8-9-13/h1-7,13,18H,8-11H2. The number of hydrogen-bond donors (Lipinski definition) is 1. The van der Waals surface area contributed by atoms with E-state index in [0.717, 1.165) is 29.0 Å². The highest BCUT2D eigenvalue weighted by Gasteiger charge is 2.20. The van der Waals surface area contributed by atoms with Crippen molar-refractivity contribution in [3.05, 3.63) is 47.5 Å². The minimum Gasteiger partial charge on any atom is -0.314 e. The summed E-state index contributed by atoms with van der Waals surface area (Å²) in [5, 5.41) is 16.9. The van der Waals surface area contributed by atoms with E-state index in [0.29, 0.717) is 0 Å². The summed E-state index contributed by atoms with van der Waals surface area (Å²) >= 11 is 1.71. The molecule has 1 N–H and O–H groups in total. The molecule has 1 aliphatic carbocycles. The molecule has 0 saturated heterocycles. The molecule has 21 heavy (non-hydrogen) atoms. The number of aromatic nitrogens is 2. The Kier molecular flexibility index (Phi) is 3.41. The molecule has 0 aliphatic heterocycles. The number of fused-ring (bicyclic) bond motifs is 1. The summed E-state index contributed by atoms with van der Waals surface area (Å²) in [5.74, 6) is 0. The minimum atomic E-state index is 0.760. The van der Waals surface area contributed by atoms with E-state index < -0.39 is 0 Å². The maximum absolute atomic E-state index is 4.39. The molecule has 1 fully saturated rings. The number of hydrogen-bond acceptors (Lipinski definition) is 4. The van der Waals surface area contributed by atoms with E-state index >= 15 is 0 Å². The van der Waals surface area contributed by atoms with Gasteiger partial charge in [0, 0.05) is 24.6 Å². The van der Waals surface area contributed by atoms with Gasteiger partial charge < -0.3 is 5.32 Å². The first-order valence-corrected chi connectivity index (χ1v) is 8.26. The predicted octanol–water partition coefficient (Wildman–Crippen LogP) is 3.65. The molecule has 1 saturated carbocycles. The van der Waals surface area contributed by atoms with Crippen molar-refractivity contribution >= 4 is 22.1 Å². The molecule has 0 unspecified atom stereocenters. The van der Waals surface area contributed by atoms with Gasteiger partial charge in [-0.3, -0.25) is 0 Å². The summed E-state index contributed by atoms with van der Waals surface area (Å²) < 4.78 is 0. The Morgan fingerprint density at radius 2 is 1.90 bits per heavy atom. The first kappa shape index (κ1) is 12.9. The quantitative estimate of drug-likeness (QED) is 0.780. The molecule has 1 aliphatic rings. The number of benzene rings is 2. The zero-order valence-electron chi connectivity index (χ0n) is 11.7. The smallest absolute Gasteiger partial charge is 0.148 e. The topological polar surface area (TPSA) is 37.8 Å². The fourth-order valence-corrected chi connectivity index (χ4v) is 3.42. The highest BCUT2D eigenvalue weighted by atomic mass is 32.1. The third kappa shape index (κ3) is 2.82. The third-order valence-corrected chi connectivity index (χ3v) is 4.85. The average Bonchev–Trinajstić information content (AvgIpc) is 3.23. The maximum atomic E-state index is 4.39. The van der Waals surface area contributed by atoms with Gasteiger partial charge in [0.15, 0.2) is 0 Å². The zero-order valence-corrected chi connectivity index (χ0v) is 12.6. The molecule has 106 valence electrons. The van der Waals surface area contributed by atoms with E-state index in [-0.39, 0.29) is 0 Å². The Hall–Kier alpha value is -1.78. The van der Waals surface area contributed by atoms with E-state index in [1.165, 1.54) is 29.2 Å². The second-order valence-corrected chi connectivity index (χ2v) is 6.57. The van der Waals surface area contributed by atoms with Crippen LogP contribution >= 0.6 is 11.3 Å². The van der Waals surface area contributed by atoms with Crippen LogP contribution in [0.15, 0.2) is 42.5 Å². The molecule has 2 aromatic carbocycles. The third-order valence-electron chi connectivity index (χ3n) is 3.84. The maximum Gasteiger partial charge on any atom is 0.148 e. The Balaban J connectivity index is 1.58. The lowest BCUT2D eigenvalue weighted by molar-refractivity contribution is 0.677. The van der Waals surface area contributed by atoms with Crippen LogP contribution in [0.1, 0.15) is 17.8 Å². The number of nitrogens with one attached hydrogen (secondary N) is 1. The Morgan fingerprint density at radius 3 is 2.81 bits per heavy atom. The summed E-state index contributed by atoms with van der Waals surface area (Å²) in [5.41, 5.74) is 1.19. The van der Waals surface area contributed by atoms with Gasteiger partial charge in [0.1, 0.15) is 10.0 Å². The van der Waals surface area contributed by atoms with Crippen molar-refractivity contribution in [2.75, 3.05) is 6.54 Å². The van der Waals surface area contributed by atoms with Gasteiger partial charge in [-0.2, -0.15) is 0 Å². The molecule has 4 heteroatoms. The molecule has 3 aromatic rings. The van der Waals surface area contributed by atoms with Gasteiger partial charge in [0.2, 0.25) is 0 Å². The average molecular weight is 295 g/mol. The molecule has 3 nitrogen and oxygen atoms in total. The number of nitrogens with zero attached hydrogens (tertiary/aromatic N) is 2. The van der Waals surface area contributed by atoms with Crippen molar-refractivity contribution in [3.63, 3.8) is 0 Å². The molecule has 0 radical (unpaired) electrons. The molecule has 0 spiro atoms. The van der Waals surface area contributed by atoms with Gasteiger partial charge in [-0.1, -0.05) is 53.8 Å². The molecule has 0 bridgehead atoms. The monoisotopic (exact) mass is 295 g/mol. The van der Waals surface area contributed by atoms with Crippen LogP contribution in [0, 0.1) is 0 Å². The van der Waals surface area contributed by atoms with Gasteiger partial charge in [-0.15, -0.1) is 10.2 Å². The van der Waals surface area contributed by atoms with E-state index in [1.54, 1.807) is 11.3 Å². The van der Waals surface area contributed by atoms with Crippen molar-refractivity contribution in [1.82, 2.24) is 15.5 Å². The summed E-state index contributed by atoms with van der Waals surface area (Å²) in [6.07, 6.45) is 3.63. The molecule has 1 aromatic heterocycles. The lowest BCUT2D eigenvalue weighted by Crippen LogP contribution is -2.19. The second-order valence-electron chi connectivity index (χ2n) is 5.51. The van der Waals surface area contributed by atoms with Gasteiger partial charge in [0.25, 0.3) is 0 Å². The summed E-state index contributed by atoms with van der Waals surface area (Å²) in [7, 11) is 0. The van der Waals surface area contributed by atoms with Crippen LogP contribution in [0.2, 0.25) is 0 Å². The predicted molar refractivity (Wildman–Crippen MR) is 87.6 cm³/mol. The largest absolute Gasteiger partial charge is 0.314 e. The van der Waals surface area contributed by atoms with Crippen LogP contribution in [0.25, 0.3) is 21.3 Å². The Morgan fingerprint density at radius 1 is 1.05 bits per heavy atom. The van der Waals surface area contributed by atoms with Crippen LogP contribution < -0.4 is 5.32 Å². The van der Waals surface area contributed by atoms with Gasteiger partial charge in [0.05, 0.1) is 0 Å². The van der Waals surface area contributed by atoms with Gasteiger partial charge >= 0.3 is 0 Å². The van der Waals surface area contributed by atoms with Crippen LogP contribution in [-0.4, -0.2) is 22.8 Å². The molecular weight excluding hydrogens is 278 g/mol. The molecule has 4 rings (SSSR count). The fourth-order valence-electron chi connectivity index (χ4n) is 2.55. The lowest BCUT2D eigenvalue weighted by atomic mass is 10.1. The fraction of sp³-hybridized carbons (Fsp3) is 0.294. The summed E-state index contributed by atoms with van der Waals surface area (Å²) in [6.45, 7) is 1.01. The van der Waals surface area contributed by atoms with Gasteiger partial charge in [-0.05, 0) is 23.6 Å². The summed E-state index contributed by atoms with van der Waals surface area (Å²) in [6, 6.07) is 15.6. The van der Waals surface area contributed by atoms with E-state index in [4.69, 9.17) is 0 Å². The Labute approximate surface area is 128 Å². The normalized spacial score (nSPS) is 14.7. The van der Waals surface area contributed by atoms with Crippen molar-refractivity contribution in [1.29, 1.82) is 0 Å². The van der Waals surface area contributed by atoms with Gasteiger partial charge in [-0.25, -0.2) is 0 Å². The Bertz CT molecular complexity index is 756. The zero-order chi connectivity index (χ0) is 14.1. The van der Waals surface area contributed by atoms with E-state index in [9.17, 15) is 0 Å². The van der Waals surface area contributed by atoms with Crippen molar-refractivity contribution in [3.8, 4) is 10.6 Å². The summed E-state index contributed by atoms with van der Waals surface area (Å²) in [4.78, 5) is 0. The van der Waals surface area contributed by atoms with Crippen LogP contribution in [-0.2, 0) is 6.42 Å². The van der Waals surface area contributed by atoms with E-state index in [1.807, 2.05) is 0 Å². The highest BCUT2D eigenvalue weighted by molar-refractivity contribution is 7.14. The molecule has 0 amide bonds. The SMILES string of the molecule is c1ccc2c(-c3nnc(CCNC4CC4)s3)cccc2c1. The lowest BCUT2D eigenvalue weighted by Gasteiger charge is -2.02. The second kappa shape index (κ2) is 5.54. The molecule has 1 heterocycles. The molecular formula is C17H17N3S. The minimum absolute atomic E-state index is 0.760. The first-order valence-electron chi connectivity index (χ1n) is 7.44. The first-order chi connectivity index (χ1) is 10.4. The van der Waals surface area contributed by atoms with Crippen LogP contribution in [0.4, 0.5) is 0 Å². The van der Waals surface area contributed by atoms with Crippen molar-refractivity contribution < 1.29 is 0 Å². The van der Waals surface area contributed by atoms with Crippen molar-refractivity contribution in [2.45, 2.75) is 25.3 Å².